The Morgan fingerprint density at radius 1 is 1.29 bits per heavy atom. The quantitative estimate of drug-likeness (QED) is 0.719. The van der Waals surface area contributed by atoms with E-state index in [0.717, 1.165) is 44.7 Å². The summed E-state index contributed by atoms with van der Waals surface area (Å²) in [6.07, 6.45) is 4.82. The Bertz CT molecular complexity index is 399. The zero-order valence-electron chi connectivity index (χ0n) is 14.7. The van der Waals surface area contributed by atoms with Crippen molar-refractivity contribution in [3.63, 3.8) is 0 Å². The van der Waals surface area contributed by atoms with E-state index in [1.165, 1.54) is 0 Å². The van der Waals surface area contributed by atoms with Gasteiger partial charge in [0.05, 0.1) is 0 Å². The van der Waals surface area contributed by atoms with E-state index >= 15 is 0 Å². The van der Waals surface area contributed by atoms with E-state index < -0.39 is 0 Å². The summed E-state index contributed by atoms with van der Waals surface area (Å²) in [4.78, 5) is 6.98. The van der Waals surface area contributed by atoms with Crippen molar-refractivity contribution in [3.05, 3.63) is 12.2 Å². The van der Waals surface area contributed by atoms with Gasteiger partial charge in [-0.15, -0.1) is 0 Å². The molecule has 1 aromatic heterocycles. The van der Waals surface area contributed by atoms with Crippen molar-refractivity contribution >= 4 is 0 Å². The standard InChI is InChI=1S/C16H33N5/c1-7-11-17-14(12-15-18-13-19-20(15)6)16(5,8-2)21(9-3)10-4/h13-14,17H,7-12H2,1-6H3. The second-order valence-corrected chi connectivity index (χ2v) is 5.89. The van der Waals surface area contributed by atoms with Crippen molar-refractivity contribution in [2.45, 2.75) is 65.5 Å². The Hall–Kier alpha value is -0.940. The summed E-state index contributed by atoms with van der Waals surface area (Å²) >= 11 is 0. The monoisotopic (exact) mass is 295 g/mol. The number of aryl methyl sites for hydroxylation is 1. The van der Waals surface area contributed by atoms with Crippen molar-refractivity contribution in [2.75, 3.05) is 19.6 Å². The van der Waals surface area contributed by atoms with Crippen LogP contribution in [0.2, 0.25) is 0 Å². The maximum Gasteiger partial charge on any atom is 0.138 e. The van der Waals surface area contributed by atoms with Crippen molar-refractivity contribution < 1.29 is 0 Å². The van der Waals surface area contributed by atoms with Gasteiger partial charge in [0, 0.05) is 25.0 Å². The average Bonchev–Trinajstić information content (AvgIpc) is 2.89. The third-order valence-electron chi connectivity index (χ3n) is 4.78. The highest BCUT2D eigenvalue weighted by atomic mass is 15.3. The van der Waals surface area contributed by atoms with Gasteiger partial charge in [-0.3, -0.25) is 9.58 Å². The fourth-order valence-electron chi connectivity index (χ4n) is 3.15. The van der Waals surface area contributed by atoms with E-state index in [0.29, 0.717) is 6.04 Å². The Balaban J connectivity index is 3.00. The SMILES string of the molecule is CCCNC(Cc1ncnn1C)C(C)(CC)N(CC)CC. The van der Waals surface area contributed by atoms with E-state index in [9.17, 15) is 0 Å². The van der Waals surface area contributed by atoms with Crippen LogP contribution in [-0.4, -0.2) is 50.9 Å². The molecule has 5 nitrogen and oxygen atoms in total. The molecule has 2 unspecified atom stereocenters. The van der Waals surface area contributed by atoms with Gasteiger partial charge in [-0.25, -0.2) is 4.98 Å². The fraction of sp³-hybridized carbons (Fsp3) is 0.875. The maximum atomic E-state index is 4.42. The molecule has 0 bridgehead atoms. The predicted molar refractivity (Wildman–Crippen MR) is 88.4 cm³/mol. The number of hydrogen-bond acceptors (Lipinski definition) is 4. The van der Waals surface area contributed by atoms with E-state index in [1.54, 1.807) is 6.33 Å². The fourth-order valence-corrected chi connectivity index (χ4v) is 3.15. The molecule has 0 fully saturated rings. The Morgan fingerprint density at radius 2 is 1.95 bits per heavy atom. The first-order valence-corrected chi connectivity index (χ1v) is 8.34. The van der Waals surface area contributed by atoms with E-state index in [4.69, 9.17) is 0 Å². The van der Waals surface area contributed by atoms with E-state index in [-0.39, 0.29) is 5.54 Å². The molecule has 1 heterocycles. The topological polar surface area (TPSA) is 46.0 Å². The van der Waals surface area contributed by atoms with Crippen LogP contribution in [0.1, 0.15) is 53.3 Å². The molecule has 0 radical (unpaired) electrons. The number of rotatable bonds is 10. The summed E-state index contributed by atoms with van der Waals surface area (Å²) in [5.74, 6) is 1.05. The van der Waals surface area contributed by atoms with Crippen molar-refractivity contribution in [2.24, 2.45) is 7.05 Å². The predicted octanol–water partition coefficient (Wildman–Crippen LogP) is 2.24. The molecule has 2 atom stereocenters. The Kier molecular flexibility index (Phi) is 7.32. The highest BCUT2D eigenvalue weighted by Gasteiger charge is 2.37. The molecule has 0 spiro atoms. The summed E-state index contributed by atoms with van der Waals surface area (Å²) < 4.78 is 1.89. The first-order valence-electron chi connectivity index (χ1n) is 8.34. The van der Waals surface area contributed by atoms with Gasteiger partial charge < -0.3 is 5.32 Å². The van der Waals surface area contributed by atoms with Crippen LogP contribution < -0.4 is 5.32 Å². The largest absolute Gasteiger partial charge is 0.312 e. The van der Waals surface area contributed by atoms with E-state index in [2.05, 4.69) is 54.9 Å². The lowest BCUT2D eigenvalue weighted by molar-refractivity contribution is 0.0690. The molecule has 0 aliphatic carbocycles. The van der Waals surface area contributed by atoms with Crippen LogP contribution >= 0.6 is 0 Å². The van der Waals surface area contributed by atoms with Crippen molar-refractivity contribution in [1.82, 2.24) is 25.0 Å². The zero-order chi connectivity index (χ0) is 15.9. The van der Waals surface area contributed by atoms with Gasteiger partial charge in [0.25, 0.3) is 0 Å². The molecule has 1 N–H and O–H groups in total. The molecule has 0 saturated heterocycles. The minimum Gasteiger partial charge on any atom is -0.312 e. The number of nitrogens with zero attached hydrogens (tertiary/aromatic N) is 4. The molecule has 21 heavy (non-hydrogen) atoms. The highest BCUT2D eigenvalue weighted by Crippen LogP contribution is 2.25. The van der Waals surface area contributed by atoms with Crippen LogP contribution in [0.15, 0.2) is 6.33 Å². The van der Waals surface area contributed by atoms with Gasteiger partial charge in [-0.2, -0.15) is 5.10 Å². The number of hydrogen-bond donors (Lipinski definition) is 1. The Morgan fingerprint density at radius 3 is 2.38 bits per heavy atom. The second-order valence-electron chi connectivity index (χ2n) is 5.89. The lowest BCUT2D eigenvalue weighted by Gasteiger charge is -2.46. The van der Waals surface area contributed by atoms with Crippen LogP contribution in [0, 0.1) is 0 Å². The molecular formula is C16H33N5. The molecule has 0 amide bonds. The summed E-state index contributed by atoms with van der Waals surface area (Å²) in [5, 5.41) is 7.96. The second kappa shape index (κ2) is 8.49. The first kappa shape index (κ1) is 18.1. The van der Waals surface area contributed by atoms with Gasteiger partial charge in [0.15, 0.2) is 0 Å². The number of aromatic nitrogens is 3. The number of nitrogens with one attached hydrogen (secondary N) is 1. The molecule has 0 aromatic carbocycles. The van der Waals surface area contributed by atoms with Crippen molar-refractivity contribution in [3.8, 4) is 0 Å². The molecule has 1 rings (SSSR count). The van der Waals surface area contributed by atoms with Crippen LogP contribution in [-0.2, 0) is 13.5 Å². The highest BCUT2D eigenvalue weighted by molar-refractivity contribution is 5.01. The zero-order valence-corrected chi connectivity index (χ0v) is 14.7. The van der Waals surface area contributed by atoms with Crippen molar-refractivity contribution in [1.29, 1.82) is 0 Å². The normalized spacial score (nSPS) is 16.1. The van der Waals surface area contributed by atoms with Gasteiger partial charge in [0.1, 0.15) is 12.2 Å². The minimum atomic E-state index is 0.130. The maximum absolute atomic E-state index is 4.42. The molecule has 0 saturated carbocycles. The molecular weight excluding hydrogens is 262 g/mol. The minimum absolute atomic E-state index is 0.130. The molecule has 0 aliphatic heterocycles. The first-order chi connectivity index (χ1) is 10.0. The summed E-state index contributed by atoms with van der Waals surface area (Å²) in [6, 6.07) is 0.380. The van der Waals surface area contributed by atoms with Gasteiger partial charge in [-0.1, -0.05) is 27.7 Å². The van der Waals surface area contributed by atoms with Gasteiger partial charge in [-0.05, 0) is 39.4 Å². The molecule has 0 aliphatic rings. The van der Waals surface area contributed by atoms with Crippen LogP contribution in [0.4, 0.5) is 0 Å². The lowest BCUT2D eigenvalue weighted by atomic mass is 9.84. The van der Waals surface area contributed by atoms with Crippen LogP contribution in [0.5, 0.6) is 0 Å². The van der Waals surface area contributed by atoms with Crippen LogP contribution in [0.25, 0.3) is 0 Å². The Labute approximate surface area is 130 Å². The average molecular weight is 295 g/mol. The third kappa shape index (κ3) is 4.27. The molecule has 1 aromatic rings. The van der Waals surface area contributed by atoms with Crippen LogP contribution in [0.3, 0.4) is 0 Å². The molecule has 122 valence electrons. The lowest BCUT2D eigenvalue weighted by Crippen LogP contribution is -2.60. The summed E-state index contributed by atoms with van der Waals surface area (Å²) in [5.41, 5.74) is 0.130. The van der Waals surface area contributed by atoms with Gasteiger partial charge >= 0.3 is 0 Å². The molecule has 5 heteroatoms. The number of likely N-dealkylation sites (N-methyl/N-ethyl adjacent to an activating group) is 1. The van der Waals surface area contributed by atoms with E-state index in [1.807, 2.05) is 11.7 Å². The summed E-state index contributed by atoms with van der Waals surface area (Å²) in [6.45, 7) is 14.6. The van der Waals surface area contributed by atoms with Gasteiger partial charge in [0.2, 0.25) is 0 Å². The smallest absolute Gasteiger partial charge is 0.138 e. The summed E-state index contributed by atoms with van der Waals surface area (Å²) in [7, 11) is 1.97. The third-order valence-corrected chi connectivity index (χ3v) is 4.78.